The third kappa shape index (κ3) is 5.40. The monoisotopic (exact) mass is 179 g/mol. The molecule has 0 aromatic rings. The molecule has 0 saturated heterocycles. The van der Waals surface area contributed by atoms with Crippen molar-refractivity contribution in [1.82, 2.24) is 0 Å². The van der Waals surface area contributed by atoms with Crippen LogP contribution in [0.3, 0.4) is 0 Å². The first kappa shape index (κ1) is 12.2. The Kier molecular flexibility index (Phi) is 4.12. The summed E-state index contributed by atoms with van der Waals surface area (Å²) in [5, 5.41) is 0. The number of hydrogen-bond acceptors (Lipinski definition) is 1. The van der Waals surface area contributed by atoms with E-state index in [2.05, 4.69) is 52.3 Å². The summed E-state index contributed by atoms with van der Waals surface area (Å²) >= 11 is 0. The van der Waals surface area contributed by atoms with Gasteiger partial charge in [-0.25, -0.2) is 0 Å². The molecular formula is C12H21N. The van der Waals surface area contributed by atoms with Crippen LogP contribution < -0.4 is 0 Å². The SMILES string of the molecule is C=C(/N=C(/C)C=C(C)C)C(C)(C)C. The maximum atomic E-state index is 4.43. The molecule has 0 radical (unpaired) electrons. The number of nitrogens with zero attached hydrogens (tertiary/aromatic N) is 1. The smallest absolute Gasteiger partial charge is 0.0388 e. The Bertz CT molecular complexity index is 245. The molecule has 13 heavy (non-hydrogen) atoms. The highest BCUT2D eigenvalue weighted by Gasteiger charge is 2.13. The van der Waals surface area contributed by atoms with Crippen LogP contribution in [0.4, 0.5) is 0 Å². The molecule has 0 N–H and O–H groups in total. The Hall–Kier alpha value is -0.850. The zero-order valence-corrected chi connectivity index (χ0v) is 9.73. The van der Waals surface area contributed by atoms with Crippen molar-refractivity contribution in [2.75, 3.05) is 0 Å². The molecule has 0 spiro atoms. The minimum atomic E-state index is 0.0662. The van der Waals surface area contributed by atoms with Crippen molar-refractivity contribution in [3.63, 3.8) is 0 Å². The molecule has 0 bridgehead atoms. The van der Waals surface area contributed by atoms with E-state index < -0.39 is 0 Å². The van der Waals surface area contributed by atoms with Gasteiger partial charge in [0.05, 0.1) is 0 Å². The van der Waals surface area contributed by atoms with Gasteiger partial charge < -0.3 is 0 Å². The normalized spacial score (nSPS) is 12.6. The van der Waals surface area contributed by atoms with Crippen LogP contribution in [0.2, 0.25) is 0 Å². The lowest BCUT2D eigenvalue weighted by atomic mass is 9.93. The Balaban J connectivity index is 4.60. The van der Waals surface area contributed by atoms with Crippen molar-refractivity contribution >= 4 is 5.71 Å². The maximum Gasteiger partial charge on any atom is 0.0388 e. The fraction of sp³-hybridized carbons (Fsp3) is 0.583. The number of allylic oxidation sites excluding steroid dienone is 3. The molecule has 0 aliphatic heterocycles. The van der Waals surface area contributed by atoms with Gasteiger partial charge in [0.25, 0.3) is 0 Å². The van der Waals surface area contributed by atoms with Crippen LogP contribution >= 0.6 is 0 Å². The van der Waals surface area contributed by atoms with Crippen LogP contribution in [-0.2, 0) is 0 Å². The van der Waals surface area contributed by atoms with E-state index in [-0.39, 0.29) is 5.41 Å². The summed E-state index contributed by atoms with van der Waals surface area (Å²) in [6.07, 6.45) is 2.07. The maximum absolute atomic E-state index is 4.43. The Labute approximate surface area is 82.3 Å². The van der Waals surface area contributed by atoms with Gasteiger partial charge in [-0.3, -0.25) is 4.99 Å². The lowest BCUT2D eigenvalue weighted by Gasteiger charge is -2.18. The molecule has 0 atom stereocenters. The molecule has 0 aromatic carbocycles. The topological polar surface area (TPSA) is 12.4 Å². The molecule has 0 aliphatic rings. The summed E-state index contributed by atoms with van der Waals surface area (Å²) in [6.45, 7) is 16.5. The molecule has 0 rings (SSSR count). The summed E-state index contributed by atoms with van der Waals surface area (Å²) in [7, 11) is 0. The van der Waals surface area contributed by atoms with Gasteiger partial charge in [0.2, 0.25) is 0 Å². The summed E-state index contributed by atoms with van der Waals surface area (Å²) in [5.74, 6) is 0. The molecule has 0 heterocycles. The fourth-order valence-corrected chi connectivity index (χ4v) is 0.831. The van der Waals surface area contributed by atoms with Crippen LogP contribution in [0.15, 0.2) is 28.9 Å². The lowest BCUT2D eigenvalue weighted by Crippen LogP contribution is -2.07. The van der Waals surface area contributed by atoms with E-state index in [9.17, 15) is 0 Å². The van der Waals surface area contributed by atoms with Crippen molar-refractivity contribution in [3.05, 3.63) is 23.9 Å². The van der Waals surface area contributed by atoms with Gasteiger partial charge in [0.15, 0.2) is 0 Å². The summed E-state index contributed by atoms with van der Waals surface area (Å²) in [6, 6.07) is 0. The van der Waals surface area contributed by atoms with Gasteiger partial charge in [-0.1, -0.05) is 32.9 Å². The number of hydrogen-bond donors (Lipinski definition) is 0. The zero-order chi connectivity index (χ0) is 10.6. The third-order valence-electron chi connectivity index (χ3n) is 1.67. The highest BCUT2D eigenvalue weighted by molar-refractivity contribution is 5.94. The van der Waals surface area contributed by atoms with E-state index in [1.54, 1.807) is 0 Å². The second-order valence-corrected chi connectivity index (χ2v) is 4.67. The quantitative estimate of drug-likeness (QED) is 0.569. The number of aliphatic imine (C=N–C) groups is 1. The van der Waals surface area contributed by atoms with Crippen molar-refractivity contribution in [2.24, 2.45) is 10.4 Å². The predicted molar refractivity (Wildman–Crippen MR) is 61.1 cm³/mol. The van der Waals surface area contributed by atoms with Gasteiger partial charge in [0, 0.05) is 16.8 Å². The van der Waals surface area contributed by atoms with Gasteiger partial charge in [0.1, 0.15) is 0 Å². The molecule has 0 aliphatic carbocycles. The van der Waals surface area contributed by atoms with E-state index in [4.69, 9.17) is 0 Å². The van der Waals surface area contributed by atoms with E-state index in [0.29, 0.717) is 0 Å². The Morgan fingerprint density at radius 2 is 1.62 bits per heavy atom. The molecule has 74 valence electrons. The number of rotatable bonds is 2. The van der Waals surface area contributed by atoms with Gasteiger partial charge in [-0.05, 0) is 26.8 Å². The summed E-state index contributed by atoms with van der Waals surface area (Å²) < 4.78 is 0. The molecule has 1 heteroatoms. The predicted octanol–water partition coefficient (Wildman–Crippen LogP) is 3.97. The van der Waals surface area contributed by atoms with Crippen LogP contribution in [-0.4, -0.2) is 5.71 Å². The van der Waals surface area contributed by atoms with Gasteiger partial charge in [-0.2, -0.15) is 0 Å². The van der Waals surface area contributed by atoms with Crippen molar-refractivity contribution < 1.29 is 0 Å². The van der Waals surface area contributed by atoms with Crippen molar-refractivity contribution in [1.29, 1.82) is 0 Å². The first-order valence-corrected chi connectivity index (χ1v) is 4.63. The highest BCUT2D eigenvalue weighted by Crippen LogP contribution is 2.24. The van der Waals surface area contributed by atoms with Crippen LogP contribution in [0.25, 0.3) is 0 Å². The van der Waals surface area contributed by atoms with E-state index >= 15 is 0 Å². The molecule has 0 fully saturated rings. The highest BCUT2D eigenvalue weighted by atomic mass is 14.8. The van der Waals surface area contributed by atoms with Gasteiger partial charge >= 0.3 is 0 Å². The Morgan fingerprint density at radius 3 is 1.92 bits per heavy atom. The lowest BCUT2D eigenvalue weighted by molar-refractivity contribution is 0.500. The van der Waals surface area contributed by atoms with E-state index in [1.165, 1.54) is 5.57 Å². The third-order valence-corrected chi connectivity index (χ3v) is 1.67. The minimum Gasteiger partial charge on any atom is -0.258 e. The summed E-state index contributed by atoms with van der Waals surface area (Å²) in [5.41, 5.74) is 3.29. The zero-order valence-electron chi connectivity index (χ0n) is 9.73. The first-order valence-electron chi connectivity index (χ1n) is 4.63. The van der Waals surface area contributed by atoms with Gasteiger partial charge in [-0.15, -0.1) is 0 Å². The van der Waals surface area contributed by atoms with Crippen molar-refractivity contribution in [3.8, 4) is 0 Å². The molecule has 0 unspecified atom stereocenters. The average Bonchev–Trinajstić information content (AvgIpc) is 1.82. The van der Waals surface area contributed by atoms with E-state index in [1.807, 2.05) is 6.92 Å². The molecule has 0 aromatic heterocycles. The minimum absolute atomic E-state index is 0.0662. The molecule has 0 amide bonds. The van der Waals surface area contributed by atoms with Crippen LogP contribution in [0.5, 0.6) is 0 Å². The molecule has 0 saturated carbocycles. The van der Waals surface area contributed by atoms with E-state index in [0.717, 1.165) is 11.4 Å². The fourth-order valence-electron chi connectivity index (χ4n) is 0.831. The molecule has 1 nitrogen and oxygen atoms in total. The second-order valence-electron chi connectivity index (χ2n) is 4.67. The average molecular weight is 179 g/mol. The summed E-state index contributed by atoms with van der Waals surface area (Å²) in [4.78, 5) is 4.43. The Morgan fingerprint density at radius 1 is 1.15 bits per heavy atom. The van der Waals surface area contributed by atoms with Crippen LogP contribution in [0, 0.1) is 5.41 Å². The standard InChI is InChI=1S/C12H21N/c1-9(2)8-10(3)13-11(4)12(5,6)7/h8H,4H2,1-3,5-7H3/b13-10-. The second kappa shape index (κ2) is 4.40. The van der Waals surface area contributed by atoms with Crippen LogP contribution in [0.1, 0.15) is 41.5 Å². The largest absolute Gasteiger partial charge is 0.258 e. The molecular weight excluding hydrogens is 158 g/mol. The first-order chi connectivity index (χ1) is 5.73. The van der Waals surface area contributed by atoms with Crippen molar-refractivity contribution in [2.45, 2.75) is 41.5 Å².